The van der Waals surface area contributed by atoms with Crippen LogP contribution in [0.2, 0.25) is 0 Å². The molecule has 1 aromatic rings. The molecule has 0 aliphatic heterocycles. The summed E-state index contributed by atoms with van der Waals surface area (Å²) in [6.45, 7) is 6.75. The zero-order valence-electron chi connectivity index (χ0n) is 9.75. The fraction of sp³-hybridized carbons (Fsp3) is 0.692. The molecule has 0 saturated heterocycles. The van der Waals surface area contributed by atoms with Gasteiger partial charge in [0.2, 0.25) is 0 Å². The van der Waals surface area contributed by atoms with Gasteiger partial charge in [0.25, 0.3) is 0 Å². The lowest BCUT2D eigenvalue weighted by Crippen LogP contribution is -2.67. The van der Waals surface area contributed by atoms with Gasteiger partial charge in [0.15, 0.2) is 0 Å². The summed E-state index contributed by atoms with van der Waals surface area (Å²) in [4.78, 5) is 9.03. The van der Waals surface area contributed by atoms with Crippen LogP contribution in [-0.4, -0.2) is 9.97 Å². The van der Waals surface area contributed by atoms with E-state index in [2.05, 4.69) is 30.7 Å². The van der Waals surface area contributed by atoms with E-state index in [0.717, 1.165) is 17.4 Å². The van der Waals surface area contributed by atoms with Crippen molar-refractivity contribution in [1.82, 2.24) is 9.97 Å². The van der Waals surface area contributed by atoms with Crippen molar-refractivity contribution >= 4 is 0 Å². The molecule has 0 unspecified atom stereocenters. The normalized spacial score (nSPS) is 37.3. The van der Waals surface area contributed by atoms with E-state index in [9.17, 15) is 0 Å². The van der Waals surface area contributed by atoms with Crippen LogP contribution in [0.1, 0.15) is 44.6 Å². The molecule has 1 heterocycles. The highest BCUT2D eigenvalue weighted by Gasteiger charge is 2.70. The Kier molecular flexibility index (Phi) is 1.62. The molecule has 4 rings (SSSR count). The maximum absolute atomic E-state index is 4.58. The summed E-state index contributed by atoms with van der Waals surface area (Å²) in [5.74, 6) is 1.93. The first-order chi connectivity index (χ1) is 7.06. The first-order valence-corrected chi connectivity index (χ1v) is 5.87. The Balaban J connectivity index is 1.84. The van der Waals surface area contributed by atoms with Gasteiger partial charge in [0.1, 0.15) is 5.82 Å². The minimum Gasteiger partial charge on any atom is -0.241 e. The SMILES string of the molecule is Cc1ccnc(C23CC(C(C)C)(C2)C3)n1. The summed E-state index contributed by atoms with van der Waals surface area (Å²) in [5.41, 5.74) is 2.12. The predicted molar refractivity (Wildman–Crippen MR) is 59.6 cm³/mol. The molecule has 3 fully saturated rings. The van der Waals surface area contributed by atoms with Crippen molar-refractivity contribution in [2.24, 2.45) is 11.3 Å². The Labute approximate surface area is 91.1 Å². The quantitative estimate of drug-likeness (QED) is 0.737. The smallest absolute Gasteiger partial charge is 0.134 e. The Morgan fingerprint density at radius 1 is 1.27 bits per heavy atom. The van der Waals surface area contributed by atoms with Gasteiger partial charge in [0, 0.05) is 17.3 Å². The number of hydrogen-bond acceptors (Lipinski definition) is 2. The first kappa shape index (κ1) is 9.32. The lowest BCUT2D eigenvalue weighted by atomic mass is 9.32. The Morgan fingerprint density at radius 3 is 2.47 bits per heavy atom. The van der Waals surface area contributed by atoms with Gasteiger partial charge in [-0.3, -0.25) is 0 Å². The molecule has 2 bridgehead atoms. The third-order valence-corrected chi connectivity index (χ3v) is 4.57. The fourth-order valence-corrected chi connectivity index (χ4v) is 3.42. The molecule has 0 spiro atoms. The molecule has 2 nitrogen and oxygen atoms in total. The Bertz CT molecular complexity index is 389. The van der Waals surface area contributed by atoms with Crippen molar-refractivity contribution in [3.05, 3.63) is 23.8 Å². The van der Waals surface area contributed by atoms with Crippen LogP contribution in [0.3, 0.4) is 0 Å². The average Bonchev–Trinajstić information content (AvgIpc) is 1.97. The van der Waals surface area contributed by atoms with E-state index >= 15 is 0 Å². The van der Waals surface area contributed by atoms with Gasteiger partial charge in [-0.1, -0.05) is 13.8 Å². The molecule has 0 N–H and O–H groups in total. The summed E-state index contributed by atoms with van der Waals surface area (Å²) >= 11 is 0. The second-order valence-electron chi connectivity index (χ2n) is 5.85. The van der Waals surface area contributed by atoms with Crippen molar-refractivity contribution < 1.29 is 0 Å². The molecule has 0 atom stereocenters. The van der Waals surface area contributed by atoms with Gasteiger partial charge < -0.3 is 0 Å². The van der Waals surface area contributed by atoms with Crippen molar-refractivity contribution in [3.63, 3.8) is 0 Å². The highest BCUT2D eigenvalue weighted by Crippen LogP contribution is 2.75. The fourth-order valence-electron chi connectivity index (χ4n) is 3.42. The second kappa shape index (κ2) is 2.60. The van der Waals surface area contributed by atoms with Crippen molar-refractivity contribution in [1.29, 1.82) is 0 Å². The molecule has 3 saturated carbocycles. The number of hydrogen-bond donors (Lipinski definition) is 0. The van der Waals surface area contributed by atoms with E-state index < -0.39 is 0 Å². The van der Waals surface area contributed by atoms with Crippen LogP contribution >= 0.6 is 0 Å². The summed E-state index contributed by atoms with van der Waals surface area (Å²) in [7, 11) is 0. The molecule has 3 aliphatic carbocycles. The maximum atomic E-state index is 4.58. The third-order valence-electron chi connectivity index (χ3n) is 4.57. The molecule has 80 valence electrons. The minimum absolute atomic E-state index is 0.371. The molecular weight excluding hydrogens is 184 g/mol. The zero-order chi connectivity index (χ0) is 10.7. The summed E-state index contributed by atoms with van der Waals surface area (Å²) in [6, 6.07) is 1.98. The van der Waals surface area contributed by atoms with Gasteiger partial charge in [-0.05, 0) is 43.6 Å². The predicted octanol–water partition coefficient (Wildman–Crippen LogP) is 2.86. The summed E-state index contributed by atoms with van der Waals surface area (Å²) in [5, 5.41) is 0. The monoisotopic (exact) mass is 202 g/mol. The summed E-state index contributed by atoms with van der Waals surface area (Å²) in [6.07, 6.45) is 5.86. The Morgan fingerprint density at radius 2 is 1.93 bits per heavy atom. The Hall–Kier alpha value is -0.920. The van der Waals surface area contributed by atoms with E-state index in [1.165, 1.54) is 19.3 Å². The van der Waals surface area contributed by atoms with Gasteiger partial charge in [-0.25, -0.2) is 9.97 Å². The van der Waals surface area contributed by atoms with Gasteiger partial charge >= 0.3 is 0 Å². The second-order valence-corrected chi connectivity index (χ2v) is 5.85. The number of aromatic nitrogens is 2. The lowest BCUT2D eigenvalue weighted by Gasteiger charge is -2.72. The highest BCUT2D eigenvalue weighted by atomic mass is 14.9. The zero-order valence-corrected chi connectivity index (χ0v) is 9.75. The van der Waals surface area contributed by atoms with Crippen molar-refractivity contribution in [3.8, 4) is 0 Å². The average molecular weight is 202 g/mol. The van der Waals surface area contributed by atoms with Crippen LogP contribution in [0.25, 0.3) is 0 Å². The van der Waals surface area contributed by atoms with E-state index in [-0.39, 0.29) is 0 Å². The van der Waals surface area contributed by atoms with Crippen molar-refractivity contribution in [2.45, 2.75) is 45.4 Å². The molecule has 1 aromatic heterocycles. The largest absolute Gasteiger partial charge is 0.241 e. The molecule has 0 amide bonds. The standard InChI is InChI=1S/C13H18N2/c1-9(2)12-6-13(7-12,8-12)11-14-5-4-10(3)15-11/h4-5,9H,6-8H2,1-3H3. The molecular formula is C13H18N2. The number of rotatable bonds is 2. The van der Waals surface area contributed by atoms with Crippen LogP contribution < -0.4 is 0 Å². The number of nitrogens with zero attached hydrogens (tertiary/aromatic N) is 2. The molecule has 0 radical (unpaired) electrons. The minimum atomic E-state index is 0.371. The first-order valence-electron chi connectivity index (χ1n) is 5.87. The van der Waals surface area contributed by atoms with Crippen LogP contribution in [-0.2, 0) is 5.41 Å². The van der Waals surface area contributed by atoms with Gasteiger partial charge in [0.05, 0.1) is 0 Å². The van der Waals surface area contributed by atoms with Crippen LogP contribution in [0.4, 0.5) is 0 Å². The van der Waals surface area contributed by atoms with Crippen molar-refractivity contribution in [2.75, 3.05) is 0 Å². The van der Waals surface area contributed by atoms with Crippen LogP contribution in [0.5, 0.6) is 0 Å². The highest BCUT2D eigenvalue weighted by molar-refractivity contribution is 5.31. The molecule has 0 aromatic carbocycles. The van der Waals surface area contributed by atoms with Gasteiger partial charge in [-0.15, -0.1) is 0 Å². The van der Waals surface area contributed by atoms with Gasteiger partial charge in [-0.2, -0.15) is 0 Å². The molecule has 2 heteroatoms. The van der Waals surface area contributed by atoms with E-state index in [1.807, 2.05) is 12.3 Å². The third kappa shape index (κ3) is 1.05. The molecule has 3 aliphatic rings. The van der Waals surface area contributed by atoms with E-state index in [4.69, 9.17) is 0 Å². The lowest BCUT2D eigenvalue weighted by molar-refractivity contribution is -0.176. The van der Waals surface area contributed by atoms with E-state index in [0.29, 0.717) is 10.8 Å². The maximum Gasteiger partial charge on any atom is 0.134 e. The van der Waals surface area contributed by atoms with Crippen LogP contribution in [0, 0.1) is 18.3 Å². The number of aryl methyl sites for hydroxylation is 1. The topological polar surface area (TPSA) is 25.8 Å². The van der Waals surface area contributed by atoms with Crippen LogP contribution in [0.15, 0.2) is 12.3 Å². The molecule has 15 heavy (non-hydrogen) atoms. The van der Waals surface area contributed by atoms with E-state index in [1.54, 1.807) is 0 Å². The summed E-state index contributed by atoms with van der Waals surface area (Å²) < 4.78 is 0.